The van der Waals surface area contributed by atoms with Crippen molar-refractivity contribution in [2.75, 3.05) is 13.2 Å². The van der Waals surface area contributed by atoms with Crippen molar-refractivity contribution >= 4 is 18.0 Å². The van der Waals surface area contributed by atoms with Crippen molar-refractivity contribution in [3.05, 3.63) is 50.4 Å². The summed E-state index contributed by atoms with van der Waals surface area (Å²) in [5, 5.41) is 0. The van der Waals surface area contributed by atoms with E-state index in [1.165, 1.54) is 30.9 Å². The fourth-order valence-corrected chi connectivity index (χ4v) is 3.09. The second-order valence-corrected chi connectivity index (χ2v) is 6.77. The lowest BCUT2D eigenvalue weighted by atomic mass is 10.0. The monoisotopic (exact) mass is 389 g/mol. The van der Waals surface area contributed by atoms with Gasteiger partial charge in [-0.2, -0.15) is 0 Å². The highest BCUT2D eigenvalue weighted by atomic mass is 16.5. The van der Waals surface area contributed by atoms with E-state index in [-0.39, 0.29) is 18.1 Å². The Morgan fingerprint density at radius 3 is 2.64 bits per heavy atom. The van der Waals surface area contributed by atoms with Gasteiger partial charge in [0.05, 0.1) is 5.56 Å². The summed E-state index contributed by atoms with van der Waals surface area (Å²) in [7, 11) is 2.87. The fraction of sp³-hybridized carbons (Fsp3) is 0.500. The lowest BCUT2D eigenvalue weighted by molar-refractivity contribution is -0.147. The minimum absolute atomic E-state index is 0.174. The number of carbonyl (C=O) groups is 2. The molecule has 1 aliphatic rings. The molecule has 0 fully saturated rings. The number of aromatic nitrogens is 2. The first-order valence-corrected chi connectivity index (χ1v) is 9.46. The number of esters is 1. The first-order valence-electron chi connectivity index (χ1n) is 9.46. The Kier molecular flexibility index (Phi) is 7.54. The number of ether oxygens (including phenoxy) is 1. The molecule has 0 radical (unpaired) electrons. The highest BCUT2D eigenvalue weighted by molar-refractivity contribution is 5.89. The lowest BCUT2D eigenvalue weighted by Crippen LogP contribution is -2.37. The van der Waals surface area contributed by atoms with Crippen molar-refractivity contribution in [3.8, 4) is 0 Å². The molecule has 0 unspecified atom stereocenters. The molecule has 0 N–H and O–H groups in total. The first-order chi connectivity index (χ1) is 13.3. The summed E-state index contributed by atoms with van der Waals surface area (Å²) >= 11 is 0. The Hall–Kier alpha value is -2.90. The molecule has 0 aliphatic heterocycles. The molecule has 1 heterocycles. The Bertz CT molecular complexity index is 907. The smallest absolute Gasteiger partial charge is 0.331 e. The molecule has 1 aromatic rings. The summed E-state index contributed by atoms with van der Waals surface area (Å²) in [5.74, 6) is -0.979. The van der Waals surface area contributed by atoms with E-state index in [0.717, 1.165) is 48.4 Å². The standard InChI is InChI=1S/C20H27N3O5/c1-4-12-23(16-8-6-5-7-9-16)17(24)14-28-18(25)11-10-15-13-21(2)20(27)22(3)19(15)26/h8,10-11,13H,4-7,9,12,14H2,1-3H3/b11-10+. The predicted octanol–water partition coefficient (Wildman–Crippen LogP) is 1.34. The van der Waals surface area contributed by atoms with Gasteiger partial charge in [0.15, 0.2) is 6.61 Å². The molecule has 0 bridgehead atoms. The summed E-state index contributed by atoms with van der Waals surface area (Å²) in [6.45, 7) is 2.23. The van der Waals surface area contributed by atoms with Crippen molar-refractivity contribution in [1.82, 2.24) is 14.0 Å². The number of carbonyl (C=O) groups excluding carboxylic acids is 2. The third-order valence-electron chi connectivity index (χ3n) is 4.57. The van der Waals surface area contributed by atoms with Crippen molar-refractivity contribution < 1.29 is 14.3 Å². The van der Waals surface area contributed by atoms with Crippen LogP contribution in [0.1, 0.15) is 44.6 Å². The number of amides is 1. The van der Waals surface area contributed by atoms with Gasteiger partial charge in [-0.3, -0.25) is 14.2 Å². The molecule has 0 saturated carbocycles. The number of hydrogen-bond acceptors (Lipinski definition) is 5. The molecule has 28 heavy (non-hydrogen) atoms. The topological polar surface area (TPSA) is 90.6 Å². The molecule has 8 nitrogen and oxygen atoms in total. The van der Waals surface area contributed by atoms with Crippen LogP contribution in [0.15, 0.2) is 33.6 Å². The SMILES string of the molecule is CCCN(C(=O)COC(=O)/C=C/c1cn(C)c(=O)n(C)c1=O)C1=CCCCC1. The third-order valence-corrected chi connectivity index (χ3v) is 4.57. The average molecular weight is 389 g/mol. The molecule has 152 valence electrons. The van der Waals surface area contributed by atoms with Crippen LogP contribution in [0.3, 0.4) is 0 Å². The normalized spacial score (nSPS) is 14.0. The molecule has 0 aromatic carbocycles. The molecular formula is C20H27N3O5. The highest BCUT2D eigenvalue weighted by Gasteiger charge is 2.19. The minimum atomic E-state index is -0.724. The number of aryl methyl sites for hydroxylation is 1. The van der Waals surface area contributed by atoms with Crippen molar-refractivity contribution in [3.63, 3.8) is 0 Å². The second-order valence-electron chi connectivity index (χ2n) is 6.77. The maximum atomic E-state index is 12.5. The van der Waals surface area contributed by atoms with Gasteiger partial charge in [-0.15, -0.1) is 0 Å². The molecular weight excluding hydrogens is 362 g/mol. The van der Waals surface area contributed by atoms with Crippen LogP contribution in [0.25, 0.3) is 6.08 Å². The van der Waals surface area contributed by atoms with Gasteiger partial charge in [0, 0.05) is 38.6 Å². The van der Waals surface area contributed by atoms with E-state index in [1.54, 1.807) is 4.90 Å². The van der Waals surface area contributed by atoms with Crippen LogP contribution in [0.4, 0.5) is 0 Å². The molecule has 1 aliphatic carbocycles. The molecule has 1 amide bonds. The predicted molar refractivity (Wildman–Crippen MR) is 105 cm³/mol. The van der Waals surface area contributed by atoms with Crippen LogP contribution in [-0.4, -0.2) is 39.1 Å². The second kappa shape index (κ2) is 9.87. The molecule has 0 spiro atoms. The lowest BCUT2D eigenvalue weighted by Gasteiger charge is -2.27. The van der Waals surface area contributed by atoms with Crippen molar-refractivity contribution in [2.24, 2.45) is 14.1 Å². The third kappa shape index (κ3) is 5.31. The quantitative estimate of drug-likeness (QED) is 0.518. The Labute approximate surface area is 163 Å². The molecule has 2 rings (SSSR count). The van der Waals surface area contributed by atoms with E-state index in [0.29, 0.717) is 6.54 Å². The van der Waals surface area contributed by atoms with Crippen LogP contribution < -0.4 is 11.2 Å². The van der Waals surface area contributed by atoms with Crippen molar-refractivity contribution in [1.29, 1.82) is 0 Å². The Balaban J connectivity index is 2.00. The molecule has 8 heteroatoms. The van der Waals surface area contributed by atoms with Gasteiger partial charge < -0.3 is 14.2 Å². The number of nitrogens with zero attached hydrogens (tertiary/aromatic N) is 3. The van der Waals surface area contributed by atoms with Gasteiger partial charge in [0.25, 0.3) is 11.5 Å². The van der Waals surface area contributed by atoms with Crippen LogP contribution >= 0.6 is 0 Å². The van der Waals surface area contributed by atoms with E-state index >= 15 is 0 Å². The number of rotatable bonds is 7. The number of allylic oxidation sites excluding steroid dienone is 2. The molecule has 1 aromatic heterocycles. The van der Waals surface area contributed by atoms with E-state index < -0.39 is 17.2 Å². The van der Waals surface area contributed by atoms with Gasteiger partial charge in [0.2, 0.25) is 0 Å². The van der Waals surface area contributed by atoms with Gasteiger partial charge in [0.1, 0.15) is 0 Å². The van der Waals surface area contributed by atoms with Crippen LogP contribution in [0, 0.1) is 0 Å². The van der Waals surface area contributed by atoms with E-state index in [2.05, 4.69) is 6.08 Å². The highest BCUT2D eigenvalue weighted by Crippen LogP contribution is 2.21. The van der Waals surface area contributed by atoms with Gasteiger partial charge in [-0.05, 0) is 38.2 Å². The maximum Gasteiger partial charge on any atom is 0.331 e. The number of hydrogen-bond donors (Lipinski definition) is 0. The summed E-state index contributed by atoms with van der Waals surface area (Å²) in [5.41, 5.74) is 0.205. The zero-order valence-corrected chi connectivity index (χ0v) is 16.6. The summed E-state index contributed by atoms with van der Waals surface area (Å²) in [6.07, 6.45) is 10.6. The van der Waals surface area contributed by atoms with Crippen LogP contribution in [-0.2, 0) is 28.4 Å². The molecule has 0 saturated heterocycles. The van der Waals surface area contributed by atoms with E-state index in [4.69, 9.17) is 4.74 Å². The summed E-state index contributed by atoms with van der Waals surface area (Å²) < 4.78 is 7.25. The zero-order valence-electron chi connectivity index (χ0n) is 16.6. The minimum Gasteiger partial charge on any atom is -0.452 e. The fourth-order valence-electron chi connectivity index (χ4n) is 3.09. The van der Waals surface area contributed by atoms with Crippen LogP contribution in [0.5, 0.6) is 0 Å². The maximum absolute atomic E-state index is 12.5. The van der Waals surface area contributed by atoms with Gasteiger partial charge in [-0.1, -0.05) is 13.0 Å². The van der Waals surface area contributed by atoms with Crippen LogP contribution in [0.2, 0.25) is 0 Å². The van der Waals surface area contributed by atoms with Gasteiger partial charge in [-0.25, -0.2) is 9.59 Å². The Morgan fingerprint density at radius 1 is 1.25 bits per heavy atom. The van der Waals surface area contributed by atoms with E-state index in [9.17, 15) is 19.2 Å². The summed E-state index contributed by atoms with van der Waals surface area (Å²) in [6, 6.07) is 0. The summed E-state index contributed by atoms with van der Waals surface area (Å²) in [4.78, 5) is 49.8. The van der Waals surface area contributed by atoms with E-state index in [1.807, 2.05) is 6.92 Å². The zero-order chi connectivity index (χ0) is 20.7. The van der Waals surface area contributed by atoms with Gasteiger partial charge >= 0.3 is 11.7 Å². The first kappa shape index (κ1) is 21.4. The van der Waals surface area contributed by atoms with Crippen molar-refractivity contribution in [2.45, 2.75) is 39.0 Å². The largest absolute Gasteiger partial charge is 0.452 e. The average Bonchev–Trinajstić information content (AvgIpc) is 2.70. The molecule has 0 atom stereocenters. The Morgan fingerprint density at radius 2 is 2.00 bits per heavy atom.